The molecule has 1 saturated heterocycles. The summed E-state index contributed by atoms with van der Waals surface area (Å²) >= 11 is 0. The number of halogens is 3. The van der Waals surface area contributed by atoms with E-state index in [9.17, 15) is 18.3 Å². The highest BCUT2D eigenvalue weighted by atomic mass is 19.4. The third-order valence-electron chi connectivity index (χ3n) is 5.48. The highest BCUT2D eigenvalue weighted by molar-refractivity contribution is 5.53. The number of aromatic nitrogens is 2. The molecule has 1 atom stereocenters. The number of pyridine rings is 2. The van der Waals surface area contributed by atoms with Gasteiger partial charge in [0.2, 0.25) is 11.8 Å². The third-order valence-corrected chi connectivity index (χ3v) is 5.48. The highest BCUT2D eigenvalue weighted by Gasteiger charge is 2.31. The molecule has 0 amide bonds. The Morgan fingerprint density at radius 1 is 1.09 bits per heavy atom. The number of hydrogen-bond acceptors (Lipinski definition) is 6. The van der Waals surface area contributed by atoms with E-state index in [2.05, 4.69) is 9.97 Å². The van der Waals surface area contributed by atoms with E-state index in [1.165, 1.54) is 6.07 Å². The summed E-state index contributed by atoms with van der Waals surface area (Å²) < 4.78 is 49.8. The van der Waals surface area contributed by atoms with Crippen LogP contribution in [0.15, 0.2) is 54.7 Å². The lowest BCUT2D eigenvalue weighted by Gasteiger charge is -2.21. The van der Waals surface area contributed by atoms with Gasteiger partial charge in [-0.15, -0.1) is 0 Å². The Hall–Kier alpha value is -3.33. The number of nitrogens with zero attached hydrogens (tertiary/aromatic N) is 3. The first-order valence-corrected chi connectivity index (χ1v) is 10.7. The van der Waals surface area contributed by atoms with Crippen molar-refractivity contribution in [1.82, 2.24) is 9.97 Å². The summed E-state index contributed by atoms with van der Waals surface area (Å²) in [6, 6.07) is 13.5. The summed E-state index contributed by atoms with van der Waals surface area (Å²) in [5.41, 5.74) is 1.49. The fourth-order valence-corrected chi connectivity index (χ4v) is 3.77. The topological polar surface area (TPSA) is 67.7 Å². The molecule has 9 heteroatoms. The lowest BCUT2D eigenvalue weighted by atomic mass is 10.1. The van der Waals surface area contributed by atoms with Crippen molar-refractivity contribution in [3.63, 3.8) is 0 Å². The first-order chi connectivity index (χ1) is 15.9. The van der Waals surface area contributed by atoms with Gasteiger partial charge in [0.25, 0.3) is 0 Å². The maximum absolute atomic E-state index is 12.7. The average Bonchev–Trinajstić information content (AvgIpc) is 3.27. The van der Waals surface area contributed by atoms with E-state index < -0.39 is 11.7 Å². The summed E-state index contributed by atoms with van der Waals surface area (Å²) in [6.45, 7) is 2.93. The van der Waals surface area contributed by atoms with Gasteiger partial charge in [0.05, 0.1) is 30.1 Å². The zero-order valence-electron chi connectivity index (χ0n) is 18.0. The molecule has 0 bridgehead atoms. The molecule has 33 heavy (non-hydrogen) atoms. The number of benzene rings is 1. The first kappa shape index (κ1) is 22.8. The van der Waals surface area contributed by atoms with E-state index in [4.69, 9.17) is 9.47 Å². The summed E-state index contributed by atoms with van der Waals surface area (Å²) in [5.74, 6) is 1.26. The van der Waals surface area contributed by atoms with Crippen LogP contribution in [0.4, 0.5) is 18.9 Å². The Bertz CT molecular complexity index is 1090. The first-order valence-electron chi connectivity index (χ1n) is 10.7. The SMILES string of the molecule is CCc1ccccc1Oc1ccc(N2CC[C@H](Oc3ccc(C(F)(F)F)cn3)C2)c(CO)n1. The van der Waals surface area contributed by atoms with Gasteiger partial charge in [-0.05, 0) is 30.2 Å². The summed E-state index contributed by atoms with van der Waals surface area (Å²) in [4.78, 5) is 10.3. The third kappa shape index (κ3) is 5.36. The largest absolute Gasteiger partial charge is 0.472 e. The number of anilines is 1. The van der Waals surface area contributed by atoms with Gasteiger partial charge in [-0.3, -0.25) is 0 Å². The normalized spacial score (nSPS) is 16.2. The van der Waals surface area contributed by atoms with E-state index in [1.807, 2.05) is 42.2 Å². The molecule has 2 aromatic heterocycles. The molecule has 174 valence electrons. The van der Waals surface area contributed by atoms with E-state index in [-0.39, 0.29) is 18.6 Å². The highest BCUT2D eigenvalue weighted by Crippen LogP contribution is 2.32. The molecule has 1 aromatic carbocycles. The van der Waals surface area contributed by atoms with E-state index in [1.54, 1.807) is 6.07 Å². The van der Waals surface area contributed by atoms with Crippen molar-refractivity contribution in [3.05, 3.63) is 71.5 Å². The van der Waals surface area contributed by atoms with Crippen LogP contribution in [0.2, 0.25) is 0 Å². The quantitative estimate of drug-likeness (QED) is 0.536. The molecule has 1 fully saturated rings. The van der Waals surface area contributed by atoms with Crippen molar-refractivity contribution < 1.29 is 27.8 Å². The second-order valence-electron chi connectivity index (χ2n) is 7.69. The van der Waals surface area contributed by atoms with Gasteiger partial charge in [-0.25, -0.2) is 9.97 Å². The second-order valence-corrected chi connectivity index (χ2v) is 7.69. The van der Waals surface area contributed by atoms with Crippen molar-refractivity contribution in [2.75, 3.05) is 18.0 Å². The number of rotatable bonds is 7. The van der Waals surface area contributed by atoms with Crippen LogP contribution in [-0.2, 0) is 19.2 Å². The molecule has 0 unspecified atom stereocenters. The molecule has 1 N–H and O–H groups in total. The molecule has 0 aliphatic carbocycles. The number of alkyl halides is 3. The summed E-state index contributed by atoms with van der Waals surface area (Å²) in [5, 5.41) is 9.89. The Labute approximate surface area is 189 Å². The van der Waals surface area contributed by atoms with Crippen LogP contribution < -0.4 is 14.4 Å². The Kier molecular flexibility index (Phi) is 6.69. The number of para-hydroxylation sites is 1. The van der Waals surface area contributed by atoms with E-state index >= 15 is 0 Å². The Balaban J connectivity index is 1.43. The minimum absolute atomic E-state index is 0.147. The zero-order chi connectivity index (χ0) is 23.4. The Morgan fingerprint density at radius 2 is 1.88 bits per heavy atom. The minimum Gasteiger partial charge on any atom is -0.472 e. The molecule has 0 saturated carbocycles. The predicted octanol–water partition coefficient (Wildman–Crippen LogP) is 5.00. The predicted molar refractivity (Wildman–Crippen MR) is 117 cm³/mol. The lowest BCUT2D eigenvalue weighted by molar-refractivity contribution is -0.137. The number of aryl methyl sites for hydroxylation is 1. The van der Waals surface area contributed by atoms with Crippen molar-refractivity contribution in [2.24, 2.45) is 0 Å². The maximum Gasteiger partial charge on any atom is 0.417 e. The molecule has 6 nitrogen and oxygen atoms in total. The van der Waals surface area contributed by atoms with Gasteiger partial charge < -0.3 is 19.5 Å². The van der Waals surface area contributed by atoms with Crippen molar-refractivity contribution in [3.8, 4) is 17.5 Å². The summed E-state index contributed by atoms with van der Waals surface area (Å²) in [7, 11) is 0. The minimum atomic E-state index is -4.43. The maximum atomic E-state index is 12.7. The van der Waals surface area contributed by atoms with Crippen molar-refractivity contribution in [1.29, 1.82) is 0 Å². The molecule has 0 radical (unpaired) electrons. The second kappa shape index (κ2) is 9.66. The van der Waals surface area contributed by atoms with Crippen LogP contribution in [0, 0.1) is 0 Å². The van der Waals surface area contributed by atoms with Gasteiger partial charge >= 0.3 is 6.18 Å². The molecular weight excluding hydrogens is 435 g/mol. The number of ether oxygens (including phenoxy) is 2. The molecule has 3 aromatic rings. The average molecular weight is 459 g/mol. The molecule has 0 spiro atoms. The fourth-order valence-electron chi connectivity index (χ4n) is 3.77. The lowest BCUT2D eigenvalue weighted by Crippen LogP contribution is -2.26. The Morgan fingerprint density at radius 3 is 2.58 bits per heavy atom. The van der Waals surface area contributed by atoms with Gasteiger partial charge in [-0.2, -0.15) is 13.2 Å². The van der Waals surface area contributed by atoms with Crippen LogP contribution in [0.1, 0.15) is 30.2 Å². The van der Waals surface area contributed by atoms with E-state index in [0.29, 0.717) is 31.1 Å². The molecule has 3 heterocycles. The number of hydrogen-bond donors (Lipinski definition) is 1. The molecule has 4 rings (SSSR count). The zero-order valence-corrected chi connectivity index (χ0v) is 18.0. The monoisotopic (exact) mass is 459 g/mol. The molecular formula is C24H24F3N3O3. The van der Waals surface area contributed by atoms with Gasteiger partial charge in [0.15, 0.2) is 0 Å². The smallest absolute Gasteiger partial charge is 0.417 e. The standard InChI is InChI=1S/C24H24F3N3O3/c1-2-16-5-3-4-6-21(16)33-23-10-8-20(19(15-31)29-23)30-12-11-18(14-30)32-22-9-7-17(13-28-22)24(25,26)27/h3-10,13,18,31H,2,11-12,14-15H2,1H3/t18-/m0/s1. The van der Waals surface area contributed by atoms with Crippen LogP contribution in [0.3, 0.4) is 0 Å². The van der Waals surface area contributed by atoms with Crippen LogP contribution >= 0.6 is 0 Å². The van der Waals surface area contributed by atoms with Gasteiger partial charge in [0.1, 0.15) is 11.9 Å². The van der Waals surface area contributed by atoms with Gasteiger partial charge in [0, 0.05) is 31.3 Å². The number of aliphatic hydroxyl groups excluding tert-OH is 1. The fraction of sp³-hybridized carbons (Fsp3) is 0.333. The van der Waals surface area contributed by atoms with E-state index in [0.717, 1.165) is 35.7 Å². The van der Waals surface area contributed by atoms with Crippen molar-refractivity contribution >= 4 is 5.69 Å². The van der Waals surface area contributed by atoms with Crippen LogP contribution in [0.5, 0.6) is 17.5 Å². The number of aliphatic hydroxyl groups is 1. The molecule has 1 aliphatic heterocycles. The van der Waals surface area contributed by atoms with Crippen molar-refractivity contribution in [2.45, 2.75) is 38.7 Å². The molecule has 1 aliphatic rings. The van der Waals surface area contributed by atoms with Crippen LogP contribution in [-0.4, -0.2) is 34.3 Å². The van der Waals surface area contributed by atoms with Gasteiger partial charge in [-0.1, -0.05) is 25.1 Å². The summed E-state index contributed by atoms with van der Waals surface area (Å²) in [6.07, 6.45) is -2.42. The van der Waals surface area contributed by atoms with Crippen LogP contribution in [0.25, 0.3) is 0 Å².